The Balaban J connectivity index is 2.32. The molecule has 0 unspecified atom stereocenters. The molecule has 0 saturated heterocycles. The Kier molecular flexibility index (Phi) is 4.19. The summed E-state index contributed by atoms with van der Waals surface area (Å²) in [6.07, 6.45) is 6.20. The molecular weight excluding hydrogens is 264 g/mol. The number of carbonyl (C=O) groups is 1. The number of aliphatic carboxylic acids is 1. The maximum atomic E-state index is 11.8. The van der Waals surface area contributed by atoms with Crippen LogP contribution in [0.5, 0.6) is 0 Å². The minimum Gasteiger partial charge on any atom is -0.481 e. The quantitative estimate of drug-likeness (QED) is 0.866. The third-order valence-corrected chi connectivity index (χ3v) is 4.77. The summed E-state index contributed by atoms with van der Waals surface area (Å²) in [6.45, 7) is 1.85. The van der Waals surface area contributed by atoms with Crippen molar-refractivity contribution >= 4 is 17.6 Å². The average Bonchev–Trinajstić information content (AvgIpc) is 2.58. The Labute approximate surface area is 118 Å². The van der Waals surface area contributed by atoms with Crippen LogP contribution in [0.4, 0.5) is 0 Å². The number of halogens is 1. The van der Waals surface area contributed by atoms with Crippen LogP contribution in [0.3, 0.4) is 0 Å². The van der Waals surface area contributed by atoms with E-state index < -0.39 is 11.4 Å². The van der Waals surface area contributed by atoms with E-state index in [1.54, 1.807) is 4.68 Å². The van der Waals surface area contributed by atoms with Gasteiger partial charge in [0.25, 0.3) is 0 Å². The van der Waals surface area contributed by atoms with Gasteiger partial charge in [-0.15, -0.1) is 0 Å². The van der Waals surface area contributed by atoms with E-state index in [1.165, 1.54) is 0 Å². The summed E-state index contributed by atoms with van der Waals surface area (Å²) in [5, 5.41) is 14.6. The van der Waals surface area contributed by atoms with Gasteiger partial charge in [-0.2, -0.15) is 5.10 Å². The first-order valence-corrected chi connectivity index (χ1v) is 7.25. The van der Waals surface area contributed by atoms with Gasteiger partial charge in [0.2, 0.25) is 0 Å². The lowest BCUT2D eigenvalue weighted by molar-refractivity contribution is -0.150. The molecular formula is C14H21ClN2O2. The van der Waals surface area contributed by atoms with Crippen molar-refractivity contribution in [2.75, 3.05) is 0 Å². The lowest BCUT2D eigenvalue weighted by Crippen LogP contribution is -2.33. The lowest BCUT2D eigenvalue weighted by atomic mass is 9.76. The Morgan fingerprint density at radius 2 is 1.95 bits per heavy atom. The van der Waals surface area contributed by atoms with Crippen molar-refractivity contribution in [2.24, 2.45) is 12.5 Å². The van der Waals surface area contributed by atoms with Crippen LogP contribution in [-0.4, -0.2) is 20.9 Å². The smallest absolute Gasteiger partial charge is 0.310 e. The van der Waals surface area contributed by atoms with Gasteiger partial charge in [0.1, 0.15) is 0 Å². The Hall–Kier alpha value is -1.03. The molecule has 5 heteroatoms. The summed E-state index contributed by atoms with van der Waals surface area (Å²) >= 11 is 6.26. The highest BCUT2D eigenvalue weighted by molar-refractivity contribution is 6.31. The van der Waals surface area contributed by atoms with E-state index in [1.807, 2.05) is 14.0 Å². The first-order chi connectivity index (χ1) is 8.96. The predicted molar refractivity (Wildman–Crippen MR) is 74.4 cm³/mol. The zero-order chi connectivity index (χ0) is 14.0. The van der Waals surface area contributed by atoms with Gasteiger partial charge >= 0.3 is 5.97 Å². The molecule has 0 amide bonds. The Morgan fingerprint density at radius 1 is 1.37 bits per heavy atom. The number of hydrogen-bond donors (Lipinski definition) is 1. The third kappa shape index (κ3) is 2.78. The SMILES string of the molecule is Cc1nn(C)c(CC2(C(=O)O)CCCCCC2)c1Cl. The van der Waals surface area contributed by atoms with Crippen molar-refractivity contribution in [3.63, 3.8) is 0 Å². The fourth-order valence-electron chi connectivity index (χ4n) is 3.06. The Bertz CT molecular complexity index is 474. The monoisotopic (exact) mass is 284 g/mol. The normalized spacial score (nSPS) is 19.1. The van der Waals surface area contributed by atoms with Crippen LogP contribution in [0.15, 0.2) is 0 Å². The number of carboxylic acid groups (broad SMARTS) is 1. The van der Waals surface area contributed by atoms with Gasteiger partial charge in [-0.1, -0.05) is 37.3 Å². The molecule has 2 rings (SSSR count). The van der Waals surface area contributed by atoms with E-state index in [9.17, 15) is 9.90 Å². The number of rotatable bonds is 3. The van der Waals surface area contributed by atoms with Crippen molar-refractivity contribution < 1.29 is 9.90 Å². The molecule has 0 atom stereocenters. The molecule has 0 aliphatic heterocycles. The molecule has 106 valence electrons. The van der Waals surface area contributed by atoms with Crippen LogP contribution in [-0.2, 0) is 18.3 Å². The maximum absolute atomic E-state index is 11.8. The molecule has 1 saturated carbocycles. The van der Waals surface area contributed by atoms with Crippen molar-refractivity contribution in [1.82, 2.24) is 9.78 Å². The molecule has 0 bridgehead atoms. The van der Waals surface area contributed by atoms with E-state index in [0.29, 0.717) is 11.4 Å². The van der Waals surface area contributed by atoms with Crippen LogP contribution < -0.4 is 0 Å². The molecule has 4 nitrogen and oxygen atoms in total. The fraction of sp³-hybridized carbons (Fsp3) is 0.714. The average molecular weight is 285 g/mol. The largest absolute Gasteiger partial charge is 0.481 e. The highest BCUT2D eigenvalue weighted by Gasteiger charge is 2.40. The van der Waals surface area contributed by atoms with Gasteiger partial charge in [-0.3, -0.25) is 9.48 Å². The Morgan fingerprint density at radius 3 is 2.37 bits per heavy atom. The summed E-state index contributed by atoms with van der Waals surface area (Å²) in [7, 11) is 1.83. The second-order valence-corrected chi connectivity index (χ2v) is 6.02. The third-order valence-electron chi connectivity index (χ3n) is 4.28. The molecule has 1 aliphatic rings. The summed E-state index contributed by atoms with van der Waals surface area (Å²) in [6, 6.07) is 0. The zero-order valence-electron chi connectivity index (χ0n) is 11.6. The maximum Gasteiger partial charge on any atom is 0.310 e. The van der Waals surface area contributed by atoms with Gasteiger partial charge in [-0.25, -0.2) is 0 Å². The molecule has 0 spiro atoms. The minimum absolute atomic E-state index is 0.485. The molecule has 1 aliphatic carbocycles. The predicted octanol–water partition coefficient (Wildman–Crippen LogP) is 3.35. The van der Waals surface area contributed by atoms with Crippen molar-refractivity contribution in [3.8, 4) is 0 Å². The molecule has 1 fully saturated rings. The number of carboxylic acids is 1. The van der Waals surface area contributed by atoms with Gasteiger partial charge in [-0.05, 0) is 19.8 Å². The van der Waals surface area contributed by atoms with Crippen LogP contribution in [0.1, 0.15) is 49.9 Å². The molecule has 1 aromatic heterocycles. The highest BCUT2D eigenvalue weighted by atomic mass is 35.5. The molecule has 1 heterocycles. The standard InChI is InChI=1S/C14H21ClN2O2/c1-10-12(15)11(17(2)16-10)9-14(13(18)19)7-5-3-4-6-8-14/h3-9H2,1-2H3,(H,18,19). The van der Waals surface area contributed by atoms with Crippen LogP contribution >= 0.6 is 11.6 Å². The van der Waals surface area contributed by atoms with E-state index in [4.69, 9.17) is 11.6 Å². The number of aryl methyl sites for hydroxylation is 2. The first-order valence-electron chi connectivity index (χ1n) is 6.88. The second kappa shape index (κ2) is 5.53. The van der Waals surface area contributed by atoms with Crippen molar-refractivity contribution in [2.45, 2.75) is 51.9 Å². The first kappa shape index (κ1) is 14.4. The van der Waals surface area contributed by atoms with Gasteiger partial charge < -0.3 is 5.11 Å². The van der Waals surface area contributed by atoms with Gasteiger partial charge in [0.05, 0.1) is 21.8 Å². The van der Waals surface area contributed by atoms with E-state index in [0.717, 1.165) is 49.9 Å². The number of hydrogen-bond acceptors (Lipinski definition) is 2. The summed E-state index contributed by atoms with van der Waals surface area (Å²) in [5.74, 6) is -0.690. The minimum atomic E-state index is -0.690. The van der Waals surface area contributed by atoms with Crippen molar-refractivity contribution in [1.29, 1.82) is 0 Å². The van der Waals surface area contributed by atoms with E-state index in [-0.39, 0.29) is 0 Å². The number of aromatic nitrogens is 2. The van der Waals surface area contributed by atoms with Crippen LogP contribution in [0.2, 0.25) is 5.02 Å². The molecule has 1 N–H and O–H groups in total. The van der Waals surface area contributed by atoms with E-state index >= 15 is 0 Å². The number of nitrogens with zero attached hydrogens (tertiary/aromatic N) is 2. The van der Waals surface area contributed by atoms with Gasteiger partial charge in [0.15, 0.2) is 0 Å². The topological polar surface area (TPSA) is 55.1 Å². The second-order valence-electron chi connectivity index (χ2n) is 5.65. The van der Waals surface area contributed by atoms with Crippen LogP contribution in [0.25, 0.3) is 0 Å². The summed E-state index contributed by atoms with van der Waals surface area (Å²) in [5.41, 5.74) is 0.956. The highest BCUT2D eigenvalue weighted by Crippen LogP contribution is 2.40. The molecule has 0 aromatic carbocycles. The molecule has 0 radical (unpaired) electrons. The van der Waals surface area contributed by atoms with Crippen LogP contribution in [0, 0.1) is 12.3 Å². The zero-order valence-corrected chi connectivity index (χ0v) is 12.3. The van der Waals surface area contributed by atoms with Gasteiger partial charge in [0, 0.05) is 13.5 Å². The summed E-state index contributed by atoms with van der Waals surface area (Å²) in [4.78, 5) is 11.8. The van der Waals surface area contributed by atoms with E-state index in [2.05, 4.69) is 5.10 Å². The lowest BCUT2D eigenvalue weighted by Gasteiger charge is -2.28. The fourth-order valence-corrected chi connectivity index (χ4v) is 3.29. The van der Waals surface area contributed by atoms with Crippen molar-refractivity contribution in [3.05, 3.63) is 16.4 Å². The molecule has 19 heavy (non-hydrogen) atoms. The summed E-state index contributed by atoms with van der Waals surface area (Å²) < 4.78 is 1.73. The molecule has 1 aromatic rings.